The summed E-state index contributed by atoms with van der Waals surface area (Å²) in [6.45, 7) is 7.66. The van der Waals surface area contributed by atoms with E-state index >= 15 is 0 Å². The van der Waals surface area contributed by atoms with E-state index in [9.17, 15) is 4.79 Å². The first-order valence-corrected chi connectivity index (χ1v) is 7.52. The van der Waals surface area contributed by atoms with Crippen molar-refractivity contribution >= 4 is 5.91 Å². The van der Waals surface area contributed by atoms with Gasteiger partial charge in [0, 0.05) is 58.9 Å². The fraction of sp³-hybridized carbons (Fsp3) is 0.929. The minimum atomic E-state index is 0.292. The standard InChI is InChI=1S/C14H27N3O2/c1-15-5-2-14(18)17-8-6-16(7-9-17)12-13-3-10-19-11-4-13/h13,15H,2-12H2,1H3. The van der Waals surface area contributed by atoms with Gasteiger partial charge in [-0.25, -0.2) is 0 Å². The van der Waals surface area contributed by atoms with Crippen LogP contribution in [0.4, 0.5) is 0 Å². The van der Waals surface area contributed by atoms with Gasteiger partial charge >= 0.3 is 0 Å². The third kappa shape index (κ3) is 4.75. The predicted octanol–water partition coefficient (Wildman–Crippen LogP) is 0.167. The van der Waals surface area contributed by atoms with Crippen LogP contribution >= 0.6 is 0 Å². The molecule has 0 aromatic carbocycles. The zero-order valence-electron chi connectivity index (χ0n) is 12.1. The van der Waals surface area contributed by atoms with Crippen molar-refractivity contribution in [3.8, 4) is 0 Å². The highest BCUT2D eigenvalue weighted by atomic mass is 16.5. The number of carbonyl (C=O) groups excluding carboxylic acids is 1. The van der Waals surface area contributed by atoms with E-state index in [1.54, 1.807) is 0 Å². The molecule has 2 aliphatic heterocycles. The zero-order valence-corrected chi connectivity index (χ0v) is 12.1. The van der Waals surface area contributed by atoms with Crippen LogP contribution in [0.1, 0.15) is 19.3 Å². The monoisotopic (exact) mass is 269 g/mol. The summed E-state index contributed by atoms with van der Waals surface area (Å²) in [6.07, 6.45) is 3.01. The van der Waals surface area contributed by atoms with Crippen LogP contribution in [0.5, 0.6) is 0 Å². The molecule has 0 spiro atoms. The Hall–Kier alpha value is -0.650. The molecule has 0 unspecified atom stereocenters. The van der Waals surface area contributed by atoms with Crippen LogP contribution < -0.4 is 5.32 Å². The van der Waals surface area contributed by atoms with Crippen LogP contribution in [0.25, 0.3) is 0 Å². The van der Waals surface area contributed by atoms with E-state index in [-0.39, 0.29) is 0 Å². The summed E-state index contributed by atoms with van der Waals surface area (Å²) in [5, 5.41) is 3.03. The molecule has 5 nitrogen and oxygen atoms in total. The Kier molecular flexibility index (Phi) is 6.07. The third-order valence-electron chi connectivity index (χ3n) is 4.17. The molecule has 1 N–H and O–H groups in total. The first kappa shape index (κ1) is 14.8. The Labute approximate surface area is 116 Å². The lowest BCUT2D eigenvalue weighted by atomic mass is 9.99. The number of nitrogens with zero attached hydrogens (tertiary/aromatic N) is 2. The van der Waals surface area contributed by atoms with E-state index in [2.05, 4.69) is 10.2 Å². The number of rotatable bonds is 5. The number of piperazine rings is 1. The Morgan fingerprint density at radius 1 is 1.21 bits per heavy atom. The average molecular weight is 269 g/mol. The highest BCUT2D eigenvalue weighted by Gasteiger charge is 2.23. The summed E-state index contributed by atoms with van der Waals surface area (Å²) in [7, 11) is 1.89. The number of ether oxygens (including phenoxy) is 1. The van der Waals surface area contributed by atoms with Gasteiger partial charge < -0.3 is 15.0 Å². The van der Waals surface area contributed by atoms with E-state index in [1.807, 2.05) is 11.9 Å². The molecule has 2 rings (SSSR count). The van der Waals surface area contributed by atoms with Crippen molar-refractivity contribution in [2.75, 3.05) is 59.5 Å². The van der Waals surface area contributed by atoms with E-state index in [4.69, 9.17) is 4.74 Å². The number of hydrogen-bond acceptors (Lipinski definition) is 4. The molecule has 2 heterocycles. The van der Waals surface area contributed by atoms with Gasteiger partial charge in [-0.15, -0.1) is 0 Å². The fourth-order valence-electron chi connectivity index (χ4n) is 2.86. The summed E-state index contributed by atoms with van der Waals surface area (Å²) in [4.78, 5) is 16.4. The van der Waals surface area contributed by atoms with Crippen molar-refractivity contribution in [2.24, 2.45) is 5.92 Å². The van der Waals surface area contributed by atoms with Crippen molar-refractivity contribution in [1.82, 2.24) is 15.1 Å². The van der Waals surface area contributed by atoms with E-state index < -0.39 is 0 Å². The maximum absolute atomic E-state index is 11.9. The molecule has 0 aromatic heterocycles. The second kappa shape index (κ2) is 7.82. The van der Waals surface area contributed by atoms with Gasteiger partial charge in [-0.3, -0.25) is 9.69 Å². The summed E-state index contributed by atoms with van der Waals surface area (Å²) in [5.41, 5.74) is 0. The molecule has 0 saturated carbocycles. The van der Waals surface area contributed by atoms with Crippen molar-refractivity contribution in [2.45, 2.75) is 19.3 Å². The van der Waals surface area contributed by atoms with Gasteiger partial charge in [0.1, 0.15) is 0 Å². The molecule has 2 saturated heterocycles. The van der Waals surface area contributed by atoms with Gasteiger partial charge in [0.05, 0.1) is 0 Å². The molecule has 0 aromatic rings. The minimum absolute atomic E-state index is 0.292. The first-order chi connectivity index (χ1) is 9.29. The zero-order chi connectivity index (χ0) is 13.5. The number of nitrogens with one attached hydrogen (secondary N) is 1. The molecule has 19 heavy (non-hydrogen) atoms. The lowest BCUT2D eigenvalue weighted by molar-refractivity contribution is -0.132. The molecule has 2 aliphatic rings. The Bertz CT molecular complexity index is 272. The number of hydrogen-bond donors (Lipinski definition) is 1. The van der Waals surface area contributed by atoms with Crippen molar-refractivity contribution in [1.29, 1.82) is 0 Å². The molecule has 0 aliphatic carbocycles. The van der Waals surface area contributed by atoms with Crippen molar-refractivity contribution in [3.63, 3.8) is 0 Å². The lowest BCUT2D eigenvalue weighted by Crippen LogP contribution is -2.50. The molecule has 0 radical (unpaired) electrons. The quantitative estimate of drug-likeness (QED) is 0.772. The molecule has 5 heteroatoms. The van der Waals surface area contributed by atoms with Gasteiger partial charge in [0.15, 0.2) is 0 Å². The van der Waals surface area contributed by atoms with Gasteiger partial charge in [-0.2, -0.15) is 0 Å². The van der Waals surface area contributed by atoms with E-state index in [0.29, 0.717) is 12.3 Å². The van der Waals surface area contributed by atoms with Crippen LogP contribution in [0.3, 0.4) is 0 Å². The molecule has 110 valence electrons. The fourth-order valence-corrected chi connectivity index (χ4v) is 2.86. The van der Waals surface area contributed by atoms with E-state index in [0.717, 1.165) is 51.9 Å². The highest BCUT2D eigenvalue weighted by Crippen LogP contribution is 2.17. The Morgan fingerprint density at radius 2 is 1.89 bits per heavy atom. The SMILES string of the molecule is CNCCC(=O)N1CCN(CC2CCOCC2)CC1. The Balaban J connectivity index is 1.65. The summed E-state index contributed by atoms with van der Waals surface area (Å²) >= 11 is 0. The van der Waals surface area contributed by atoms with Gasteiger partial charge in [-0.1, -0.05) is 0 Å². The molecular formula is C14H27N3O2. The molecule has 2 fully saturated rings. The molecular weight excluding hydrogens is 242 g/mol. The first-order valence-electron chi connectivity index (χ1n) is 7.52. The van der Waals surface area contributed by atoms with Gasteiger partial charge in [0.25, 0.3) is 0 Å². The average Bonchev–Trinajstić information content (AvgIpc) is 2.46. The summed E-state index contributed by atoms with van der Waals surface area (Å²) < 4.78 is 5.40. The van der Waals surface area contributed by atoms with Crippen LogP contribution in [0, 0.1) is 5.92 Å². The van der Waals surface area contributed by atoms with Crippen molar-refractivity contribution in [3.05, 3.63) is 0 Å². The second-order valence-electron chi connectivity index (χ2n) is 5.59. The normalized spacial score (nSPS) is 22.7. The minimum Gasteiger partial charge on any atom is -0.381 e. The van der Waals surface area contributed by atoms with Gasteiger partial charge in [0.2, 0.25) is 5.91 Å². The van der Waals surface area contributed by atoms with Gasteiger partial charge in [-0.05, 0) is 25.8 Å². The maximum atomic E-state index is 11.9. The molecule has 0 atom stereocenters. The second-order valence-corrected chi connectivity index (χ2v) is 5.59. The summed E-state index contributed by atoms with van der Waals surface area (Å²) in [6, 6.07) is 0. The lowest BCUT2D eigenvalue weighted by Gasteiger charge is -2.37. The molecule has 0 bridgehead atoms. The summed E-state index contributed by atoms with van der Waals surface area (Å²) in [5.74, 6) is 1.08. The highest BCUT2D eigenvalue weighted by molar-refractivity contribution is 5.76. The van der Waals surface area contributed by atoms with Crippen LogP contribution in [0.15, 0.2) is 0 Å². The van der Waals surface area contributed by atoms with E-state index in [1.165, 1.54) is 19.4 Å². The largest absolute Gasteiger partial charge is 0.381 e. The molecule has 1 amide bonds. The number of carbonyl (C=O) groups is 1. The smallest absolute Gasteiger partial charge is 0.223 e. The predicted molar refractivity (Wildman–Crippen MR) is 75.1 cm³/mol. The van der Waals surface area contributed by atoms with Crippen LogP contribution in [0.2, 0.25) is 0 Å². The van der Waals surface area contributed by atoms with Crippen LogP contribution in [-0.4, -0.2) is 75.2 Å². The topological polar surface area (TPSA) is 44.8 Å². The number of amides is 1. The Morgan fingerprint density at radius 3 is 2.53 bits per heavy atom. The third-order valence-corrected chi connectivity index (χ3v) is 4.17. The van der Waals surface area contributed by atoms with Crippen LogP contribution in [-0.2, 0) is 9.53 Å². The van der Waals surface area contributed by atoms with Crippen molar-refractivity contribution < 1.29 is 9.53 Å². The maximum Gasteiger partial charge on any atom is 0.223 e.